The van der Waals surface area contributed by atoms with Crippen molar-refractivity contribution in [2.45, 2.75) is 18.2 Å². The lowest BCUT2D eigenvalue weighted by Crippen LogP contribution is -2.05. The number of ether oxygens (including phenoxy) is 1. The van der Waals surface area contributed by atoms with Gasteiger partial charge >= 0.3 is 6.61 Å². The summed E-state index contributed by atoms with van der Waals surface area (Å²) in [6.07, 6.45) is -0.107. The van der Waals surface area contributed by atoms with E-state index < -0.39 is 18.9 Å². The van der Waals surface area contributed by atoms with Crippen LogP contribution in [0.15, 0.2) is 34.5 Å². The van der Waals surface area contributed by atoms with Crippen LogP contribution in [0.1, 0.15) is 17.8 Å². The van der Waals surface area contributed by atoms with Crippen molar-refractivity contribution in [3.8, 4) is 5.75 Å². The van der Waals surface area contributed by atoms with Gasteiger partial charge in [0, 0.05) is 5.56 Å². The summed E-state index contributed by atoms with van der Waals surface area (Å²) in [6.45, 7) is -3.00. The molecule has 10 heteroatoms. The molecule has 0 aliphatic rings. The summed E-state index contributed by atoms with van der Waals surface area (Å²) in [5.41, 5.74) is 0.212. The first-order valence-electron chi connectivity index (χ1n) is 5.88. The van der Waals surface area contributed by atoms with Crippen LogP contribution in [0, 0.1) is 0 Å². The Kier molecular flexibility index (Phi) is 5.36. The predicted molar refractivity (Wildman–Crippen MR) is 72.8 cm³/mol. The third-order valence-electron chi connectivity index (χ3n) is 2.46. The molecular formula is C12H10F4N4OS. The molecule has 0 N–H and O–H groups in total. The van der Waals surface area contributed by atoms with Crippen molar-refractivity contribution in [2.75, 3.05) is 6.26 Å². The van der Waals surface area contributed by atoms with Gasteiger partial charge in [-0.2, -0.15) is 18.6 Å². The van der Waals surface area contributed by atoms with Crippen LogP contribution in [-0.4, -0.2) is 34.0 Å². The second kappa shape index (κ2) is 7.25. The maximum Gasteiger partial charge on any atom is 0.387 e. The average molecular weight is 334 g/mol. The highest BCUT2D eigenvalue weighted by molar-refractivity contribution is 7.98. The van der Waals surface area contributed by atoms with Crippen molar-refractivity contribution in [2.24, 2.45) is 5.10 Å². The summed E-state index contributed by atoms with van der Waals surface area (Å²) in [5.74, 6) is -0.744. The van der Waals surface area contributed by atoms with Gasteiger partial charge in [-0.3, -0.25) is 0 Å². The molecule has 2 rings (SSSR count). The minimum Gasteiger partial charge on any atom is -0.434 e. The lowest BCUT2D eigenvalue weighted by molar-refractivity contribution is -0.0499. The first kappa shape index (κ1) is 16.3. The first-order valence-corrected chi connectivity index (χ1v) is 7.11. The standard InChI is InChI=1S/C12H10F4N4OS/c1-22-12-19-18-10(9(13)14)20(12)17-6-7-4-2-3-5-8(7)21-11(15)16/h2-6,9,11H,1H3. The molecule has 118 valence electrons. The molecule has 1 heterocycles. The quantitative estimate of drug-likeness (QED) is 0.461. The fraction of sp³-hybridized carbons (Fsp3) is 0.250. The summed E-state index contributed by atoms with van der Waals surface area (Å²) in [4.78, 5) is 0. The Balaban J connectivity index is 2.35. The van der Waals surface area contributed by atoms with Gasteiger partial charge in [0.2, 0.25) is 11.0 Å². The van der Waals surface area contributed by atoms with E-state index >= 15 is 0 Å². The molecule has 0 unspecified atom stereocenters. The average Bonchev–Trinajstić information content (AvgIpc) is 2.89. The van der Waals surface area contributed by atoms with Crippen LogP contribution in [0.2, 0.25) is 0 Å². The van der Waals surface area contributed by atoms with E-state index in [4.69, 9.17) is 0 Å². The van der Waals surface area contributed by atoms with Gasteiger partial charge in [-0.1, -0.05) is 23.9 Å². The lowest BCUT2D eigenvalue weighted by atomic mass is 10.2. The van der Waals surface area contributed by atoms with Gasteiger partial charge in [0.05, 0.1) is 6.21 Å². The molecule has 2 aromatic rings. The van der Waals surface area contributed by atoms with Crippen LogP contribution in [0.25, 0.3) is 0 Å². The summed E-state index contributed by atoms with van der Waals surface area (Å²) in [7, 11) is 0. The van der Waals surface area contributed by atoms with Gasteiger partial charge in [-0.05, 0) is 18.4 Å². The molecule has 0 radical (unpaired) electrons. The zero-order valence-electron chi connectivity index (χ0n) is 11.2. The van der Waals surface area contributed by atoms with E-state index in [-0.39, 0.29) is 16.5 Å². The minimum atomic E-state index is -3.00. The molecule has 0 amide bonds. The van der Waals surface area contributed by atoms with Crippen LogP contribution in [0.4, 0.5) is 17.6 Å². The topological polar surface area (TPSA) is 52.3 Å². The summed E-state index contributed by atoms with van der Waals surface area (Å²) in [5, 5.41) is 10.9. The second-order valence-electron chi connectivity index (χ2n) is 3.82. The van der Waals surface area contributed by atoms with Crippen LogP contribution in [0.5, 0.6) is 5.75 Å². The number of hydrogen-bond donors (Lipinski definition) is 0. The number of nitrogens with zero attached hydrogens (tertiary/aromatic N) is 4. The second-order valence-corrected chi connectivity index (χ2v) is 4.59. The predicted octanol–water partition coefficient (Wildman–Crippen LogP) is 3.42. The molecule has 1 aromatic heterocycles. The lowest BCUT2D eigenvalue weighted by Gasteiger charge is -2.07. The van der Waals surface area contributed by atoms with Crippen molar-refractivity contribution < 1.29 is 22.3 Å². The molecule has 0 saturated carbocycles. The van der Waals surface area contributed by atoms with Crippen LogP contribution >= 0.6 is 11.8 Å². The van der Waals surface area contributed by atoms with Gasteiger partial charge < -0.3 is 4.74 Å². The van der Waals surface area contributed by atoms with Gasteiger partial charge in [0.25, 0.3) is 6.43 Å². The van der Waals surface area contributed by atoms with Crippen molar-refractivity contribution in [3.05, 3.63) is 35.7 Å². The van der Waals surface area contributed by atoms with E-state index in [1.807, 2.05) is 0 Å². The van der Waals surface area contributed by atoms with Crippen LogP contribution in [-0.2, 0) is 0 Å². The van der Waals surface area contributed by atoms with Gasteiger partial charge in [0.1, 0.15) is 5.75 Å². The Morgan fingerprint density at radius 2 is 1.95 bits per heavy atom. The highest BCUT2D eigenvalue weighted by atomic mass is 32.2. The summed E-state index contributed by atoms with van der Waals surface area (Å²) in [6, 6.07) is 5.87. The third-order valence-corrected chi connectivity index (χ3v) is 3.08. The fourth-order valence-corrected chi connectivity index (χ4v) is 2.00. The Morgan fingerprint density at radius 1 is 1.23 bits per heavy atom. The number of thioether (sulfide) groups is 1. The van der Waals surface area contributed by atoms with Gasteiger partial charge in [0.15, 0.2) is 0 Å². The SMILES string of the molecule is CSc1nnc(C(F)F)n1N=Cc1ccccc1OC(F)F. The normalized spacial score (nSPS) is 11.8. The third kappa shape index (κ3) is 3.75. The van der Waals surface area contributed by atoms with Crippen molar-refractivity contribution in [3.63, 3.8) is 0 Å². The van der Waals surface area contributed by atoms with E-state index in [1.165, 1.54) is 18.2 Å². The van der Waals surface area contributed by atoms with Crippen molar-refractivity contribution in [1.82, 2.24) is 14.9 Å². The molecular weight excluding hydrogens is 324 g/mol. The Morgan fingerprint density at radius 3 is 2.59 bits per heavy atom. The van der Waals surface area contributed by atoms with Crippen LogP contribution in [0.3, 0.4) is 0 Å². The summed E-state index contributed by atoms with van der Waals surface area (Å²) < 4.78 is 55.5. The van der Waals surface area contributed by atoms with E-state index in [0.29, 0.717) is 0 Å². The molecule has 0 spiro atoms. The minimum absolute atomic E-state index is 0.112. The van der Waals surface area contributed by atoms with E-state index in [2.05, 4.69) is 20.0 Å². The number of alkyl halides is 4. The highest BCUT2D eigenvalue weighted by Gasteiger charge is 2.19. The number of benzene rings is 1. The Bertz CT molecular complexity index is 662. The molecule has 22 heavy (non-hydrogen) atoms. The van der Waals surface area contributed by atoms with Gasteiger partial charge in [-0.25, -0.2) is 8.78 Å². The number of hydrogen-bond acceptors (Lipinski definition) is 5. The van der Waals surface area contributed by atoms with Crippen molar-refractivity contribution in [1.29, 1.82) is 0 Å². The van der Waals surface area contributed by atoms with E-state index in [0.717, 1.165) is 22.7 Å². The van der Waals surface area contributed by atoms with Crippen LogP contribution < -0.4 is 4.74 Å². The maximum absolute atomic E-state index is 12.8. The smallest absolute Gasteiger partial charge is 0.387 e. The molecule has 0 fully saturated rings. The Hall–Kier alpha value is -2.10. The summed E-state index contributed by atoms with van der Waals surface area (Å²) >= 11 is 1.07. The molecule has 0 saturated heterocycles. The maximum atomic E-state index is 12.8. The number of para-hydroxylation sites is 1. The molecule has 0 atom stereocenters. The number of rotatable bonds is 6. The van der Waals surface area contributed by atoms with Crippen molar-refractivity contribution >= 4 is 18.0 Å². The molecule has 5 nitrogen and oxygen atoms in total. The highest BCUT2D eigenvalue weighted by Crippen LogP contribution is 2.23. The van der Waals surface area contributed by atoms with E-state index in [1.54, 1.807) is 12.3 Å². The molecule has 1 aromatic carbocycles. The van der Waals surface area contributed by atoms with E-state index in [9.17, 15) is 17.6 Å². The Labute approximate surface area is 127 Å². The molecule has 0 aliphatic heterocycles. The monoisotopic (exact) mass is 334 g/mol. The number of halogens is 4. The van der Waals surface area contributed by atoms with Gasteiger partial charge in [-0.15, -0.1) is 10.2 Å². The zero-order chi connectivity index (χ0) is 16.1. The first-order chi connectivity index (χ1) is 10.5. The number of aromatic nitrogens is 3. The zero-order valence-corrected chi connectivity index (χ0v) is 12.0. The molecule has 0 aliphatic carbocycles. The fourth-order valence-electron chi connectivity index (χ4n) is 1.56. The largest absolute Gasteiger partial charge is 0.434 e. The molecule has 0 bridgehead atoms.